The molecule has 80 valence electrons. The van der Waals surface area contributed by atoms with Gasteiger partial charge in [0.05, 0.1) is 0 Å². The van der Waals surface area contributed by atoms with Gasteiger partial charge in [0.1, 0.15) is 6.07 Å². The molecule has 0 N–H and O–H groups in total. The van der Waals surface area contributed by atoms with Crippen molar-refractivity contribution in [3.63, 3.8) is 0 Å². The quantitative estimate of drug-likeness (QED) is 0.327. The molecule has 0 amide bonds. The highest BCUT2D eigenvalue weighted by molar-refractivity contribution is 6.32. The van der Waals surface area contributed by atoms with Crippen molar-refractivity contribution in [2.75, 3.05) is 0 Å². The number of oxime groups is 1. The second kappa shape index (κ2) is 5.41. The first-order valence-corrected chi connectivity index (χ1v) is 4.40. The number of rotatable bonds is 3. The molecule has 1 rings (SSSR count). The van der Waals surface area contributed by atoms with Crippen LogP contribution in [0.1, 0.15) is 12.5 Å². The third-order valence-electron chi connectivity index (χ3n) is 1.66. The van der Waals surface area contributed by atoms with Gasteiger partial charge in [-0.3, -0.25) is 4.79 Å². The highest BCUT2D eigenvalue weighted by Gasteiger charge is 2.10. The predicted octanol–water partition coefficient (Wildman–Crippen LogP) is 1.05. The van der Waals surface area contributed by atoms with Crippen LogP contribution in [0.5, 0.6) is 0 Å². The first-order chi connectivity index (χ1) is 7.65. The molecule has 0 aliphatic carbocycles. The topological polar surface area (TPSA) is 79.5 Å². The maximum Gasteiger partial charge on any atom is 0.400 e. The van der Waals surface area contributed by atoms with E-state index >= 15 is 0 Å². The Morgan fingerprint density at radius 3 is 2.44 bits per heavy atom. The predicted molar refractivity (Wildman–Crippen MR) is 55.4 cm³/mol. The van der Waals surface area contributed by atoms with Crippen LogP contribution >= 0.6 is 0 Å². The van der Waals surface area contributed by atoms with Crippen molar-refractivity contribution in [2.24, 2.45) is 5.16 Å². The monoisotopic (exact) mass is 216 g/mol. The van der Waals surface area contributed by atoms with Gasteiger partial charge >= 0.3 is 5.97 Å². The van der Waals surface area contributed by atoms with Crippen LogP contribution in [0.4, 0.5) is 0 Å². The van der Waals surface area contributed by atoms with Gasteiger partial charge < -0.3 is 4.84 Å². The van der Waals surface area contributed by atoms with Gasteiger partial charge in [-0.1, -0.05) is 35.5 Å². The van der Waals surface area contributed by atoms with Gasteiger partial charge in [0.2, 0.25) is 5.78 Å². The van der Waals surface area contributed by atoms with E-state index in [0.29, 0.717) is 5.56 Å². The molecule has 0 fully saturated rings. The summed E-state index contributed by atoms with van der Waals surface area (Å²) in [6.45, 7) is 1.06. The zero-order valence-corrected chi connectivity index (χ0v) is 8.51. The van der Waals surface area contributed by atoms with E-state index in [1.807, 2.05) is 0 Å². The fourth-order valence-electron chi connectivity index (χ4n) is 0.885. The minimum absolute atomic E-state index is 0.0600. The molecule has 0 spiro atoms. The summed E-state index contributed by atoms with van der Waals surface area (Å²) >= 11 is 0. The number of ketones is 1. The van der Waals surface area contributed by atoms with Gasteiger partial charge in [-0.05, 0) is 0 Å². The fourth-order valence-corrected chi connectivity index (χ4v) is 0.885. The van der Waals surface area contributed by atoms with E-state index in [2.05, 4.69) is 9.99 Å². The number of Topliss-reactive ketones (excluding diaryl/α,β-unsaturated/α-hetero) is 1. The van der Waals surface area contributed by atoms with E-state index in [1.54, 1.807) is 36.4 Å². The lowest BCUT2D eigenvalue weighted by atomic mass is 10.1. The summed E-state index contributed by atoms with van der Waals surface area (Å²) in [5.74, 6) is -1.86. The first-order valence-electron chi connectivity index (χ1n) is 4.40. The molecule has 0 aliphatic rings. The Morgan fingerprint density at radius 1 is 1.31 bits per heavy atom. The number of benzene rings is 1. The van der Waals surface area contributed by atoms with E-state index in [9.17, 15) is 9.59 Å². The smallest absolute Gasteiger partial charge is 0.308 e. The number of nitriles is 1. The van der Waals surface area contributed by atoms with Gasteiger partial charge in [-0.25, -0.2) is 4.79 Å². The lowest BCUT2D eigenvalue weighted by Gasteiger charge is -1.96. The Labute approximate surface area is 91.9 Å². The summed E-state index contributed by atoms with van der Waals surface area (Å²) in [5.41, 5.74) is 0.455. The first kappa shape index (κ1) is 11.6. The largest absolute Gasteiger partial charge is 0.400 e. The van der Waals surface area contributed by atoms with Gasteiger partial charge in [0, 0.05) is 12.5 Å². The molecule has 0 heterocycles. The zero-order valence-electron chi connectivity index (χ0n) is 8.51. The lowest BCUT2D eigenvalue weighted by molar-refractivity contribution is -0.152. The van der Waals surface area contributed by atoms with E-state index in [-0.39, 0.29) is 5.71 Å². The van der Waals surface area contributed by atoms with Crippen molar-refractivity contribution in [2.45, 2.75) is 6.92 Å². The van der Waals surface area contributed by atoms with Crippen LogP contribution < -0.4 is 0 Å². The summed E-state index contributed by atoms with van der Waals surface area (Å²) in [4.78, 5) is 25.6. The van der Waals surface area contributed by atoms with Gasteiger partial charge in [-0.2, -0.15) is 5.26 Å². The van der Waals surface area contributed by atoms with E-state index in [4.69, 9.17) is 5.26 Å². The third kappa shape index (κ3) is 3.03. The zero-order chi connectivity index (χ0) is 12.0. The maximum atomic E-state index is 10.8. The standard InChI is InChI=1S/C11H8N2O3/c1-8(14)11(15)16-13-10(7-12)9-5-3-2-4-6-9/h2-6H,1H3. The molecule has 16 heavy (non-hydrogen) atoms. The van der Waals surface area contributed by atoms with E-state index < -0.39 is 11.8 Å². The van der Waals surface area contributed by atoms with Gasteiger partial charge in [0.25, 0.3) is 0 Å². The number of hydrogen-bond acceptors (Lipinski definition) is 5. The molecule has 0 radical (unpaired) electrons. The molecule has 0 saturated heterocycles. The Bertz CT molecular complexity index is 472. The average molecular weight is 216 g/mol. The highest BCUT2D eigenvalue weighted by Crippen LogP contribution is 2.01. The molecule has 0 aromatic heterocycles. The van der Waals surface area contributed by atoms with Crippen LogP contribution in [0.25, 0.3) is 0 Å². The molecule has 0 saturated carbocycles. The van der Waals surface area contributed by atoms with Gasteiger partial charge in [0.15, 0.2) is 5.71 Å². The molecule has 0 aliphatic heterocycles. The average Bonchev–Trinajstić information content (AvgIpc) is 2.30. The van der Waals surface area contributed by atoms with Crippen molar-refractivity contribution in [1.82, 2.24) is 0 Å². The minimum atomic E-state index is -1.09. The van der Waals surface area contributed by atoms with Crippen LogP contribution in [0, 0.1) is 11.3 Å². The summed E-state index contributed by atoms with van der Waals surface area (Å²) in [7, 11) is 0. The Hall–Kier alpha value is -2.48. The van der Waals surface area contributed by atoms with Crippen molar-refractivity contribution in [1.29, 1.82) is 5.26 Å². The third-order valence-corrected chi connectivity index (χ3v) is 1.66. The lowest BCUT2D eigenvalue weighted by Crippen LogP contribution is -2.12. The van der Waals surface area contributed by atoms with Gasteiger partial charge in [-0.15, -0.1) is 0 Å². The van der Waals surface area contributed by atoms with Crippen molar-refractivity contribution < 1.29 is 14.4 Å². The molecule has 0 atom stereocenters. The molecule has 1 aromatic rings. The summed E-state index contributed by atoms with van der Waals surface area (Å²) in [6, 6.07) is 10.3. The molecular weight excluding hydrogens is 208 g/mol. The van der Waals surface area contributed by atoms with Crippen LogP contribution in [0.3, 0.4) is 0 Å². The van der Waals surface area contributed by atoms with Crippen molar-refractivity contribution in [3.8, 4) is 6.07 Å². The molecule has 1 aromatic carbocycles. The van der Waals surface area contributed by atoms with E-state index in [0.717, 1.165) is 6.92 Å². The Morgan fingerprint density at radius 2 is 1.94 bits per heavy atom. The molecule has 0 unspecified atom stereocenters. The Kier molecular flexibility index (Phi) is 3.92. The number of hydrogen-bond donors (Lipinski definition) is 0. The minimum Gasteiger partial charge on any atom is -0.308 e. The molecule has 5 heteroatoms. The second-order valence-corrected chi connectivity index (χ2v) is 2.85. The molecule has 5 nitrogen and oxygen atoms in total. The normalized spacial score (nSPS) is 10.4. The maximum absolute atomic E-state index is 10.8. The number of carbonyl (C=O) groups is 2. The number of carbonyl (C=O) groups excluding carboxylic acids is 2. The van der Waals surface area contributed by atoms with Crippen LogP contribution in [0.15, 0.2) is 35.5 Å². The van der Waals surface area contributed by atoms with E-state index in [1.165, 1.54) is 0 Å². The van der Waals surface area contributed by atoms with Crippen LogP contribution in [-0.4, -0.2) is 17.5 Å². The summed E-state index contributed by atoms with van der Waals surface area (Å²) in [5, 5.41) is 12.1. The molecule has 0 bridgehead atoms. The summed E-state index contributed by atoms with van der Waals surface area (Å²) in [6.07, 6.45) is 0. The van der Waals surface area contributed by atoms with Crippen LogP contribution in [0.2, 0.25) is 0 Å². The Balaban J connectivity index is 2.85. The second-order valence-electron chi connectivity index (χ2n) is 2.85. The summed E-state index contributed by atoms with van der Waals surface area (Å²) < 4.78 is 0. The molecular formula is C11H8N2O3. The van der Waals surface area contributed by atoms with Crippen molar-refractivity contribution >= 4 is 17.5 Å². The highest BCUT2D eigenvalue weighted by atomic mass is 16.7. The van der Waals surface area contributed by atoms with Crippen LogP contribution in [-0.2, 0) is 14.4 Å². The number of nitrogens with zero attached hydrogens (tertiary/aromatic N) is 2. The van der Waals surface area contributed by atoms with Crippen molar-refractivity contribution in [3.05, 3.63) is 35.9 Å². The fraction of sp³-hybridized carbons (Fsp3) is 0.0909. The SMILES string of the molecule is CC(=O)C(=O)ON=C(C#N)c1ccccc1.